The van der Waals surface area contributed by atoms with Crippen LogP contribution in [-0.2, 0) is 74.9 Å². The van der Waals surface area contributed by atoms with Gasteiger partial charge in [0.2, 0.25) is 0 Å². The maximum Gasteiger partial charge on any atom is 0.307 e. The first-order valence-corrected chi connectivity index (χ1v) is 19.5. The Labute approximate surface area is 351 Å². The fourth-order valence-corrected chi connectivity index (χ4v) is 8.93. The second kappa shape index (κ2) is 18.2. The Kier molecular flexibility index (Phi) is 13.5. The van der Waals surface area contributed by atoms with Gasteiger partial charge < -0.3 is 50.8 Å². The zero-order valence-corrected chi connectivity index (χ0v) is 33.7. The highest BCUT2D eigenvalue weighted by molar-refractivity contribution is 5.86. The smallest absolute Gasteiger partial charge is 0.307 e. The molecule has 10 N–H and O–H groups in total. The summed E-state index contributed by atoms with van der Waals surface area (Å²) >= 11 is 0. The van der Waals surface area contributed by atoms with E-state index in [9.17, 15) is 79.2 Å². The van der Waals surface area contributed by atoms with Crippen LogP contribution in [0.25, 0.3) is 22.1 Å². The molecule has 0 amide bonds. The van der Waals surface area contributed by atoms with E-state index in [1.54, 1.807) is 13.8 Å². The standard InChI is InChI=1S/C42H46N4O16/c1-41(17-39(59)60)23(5-9-35(51)52)29-14-27-21(11-37(55)56)19(3-7-33(47)48)25(43-27)13-26-20(4-8-34(49)50)22(12-38(57)58)28(44-26)15-31-42(2,18-40(61)62)24(6-10-36(53)54)30(46-31)16-32(41)45-29/h13-16,23-24,43-44H,3-12,17-18H2,1-2H3,(H,47,48)(H,49,50)(H,51,52)(H,53,54)(H,55,56)(H,57,58)(H,59,60)(H,61,62)/t23-,24-,41+,42+/m1/s1/i33+1,34+1,35+1,36+1,37+1,38+1,39+1,40+1,47+2,48+2,49+2,50+2,51+2,52+2,53+2,54+2,55+2,56+2,57+2,58+2,59+2,60+2,61+2,62+2. The fraction of sp³-hybridized carbons (Fsp3) is 0.429. The lowest BCUT2D eigenvalue weighted by molar-refractivity contribution is -0.140. The number of hydrogen-bond acceptors (Lipinski definition) is 10. The van der Waals surface area contributed by atoms with Gasteiger partial charge in [0.15, 0.2) is 0 Å². The SMILES string of the molecule is C[C@@]1(C[13C](=[18O])[18OH])c2cc3nc(cc4[nH]c(cc5[nH]c(cc(n2)[C@H]1CC[13C](=[18O])[18OH])c(C[13C](=[18O])[18OH])c5CC[13C](=[18O])[18OH])c(CC[13C](=[18O])[18OH])c4C[13C](=[18O])[18OH])[C@@](C)(C[13C](=[18O])[18OH])[C@@H]3CC[13C](=[18O])[18OH]. The summed E-state index contributed by atoms with van der Waals surface area (Å²) in [6.07, 6.45) is -5.18. The molecule has 0 radical (unpaired) electrons. The number of aryl methyl sites for hydroxylation is 2. The van der Waals surface area contributed by atoms with Crippen LogP contribution in [0.4, 0.5) is 0 Å². The van der Waals surface area contributed by atoms with Gasteiger partial charge >= 0.3 is 47.8 Å². The van der Waals surface area contributed by atoms with E-state index in [4.69, 9.17) is 9.97 Å². The molecule has 5 rings (SSSR count). The van der Waals surface area contributed by atoms with Gasteiger partial charge in [-0.05, 0) is 72.2 Å². The van der Waals surface area contributed by atoms with Gasteiger partial charge in [0.25, 0.3) is 0 Å². The monoisotopic (exact) mass is 902 g/mol. The molecule has 0 saturated carbocycles. The molecule has 3 aromatic heterocycles. The van der Waals surface area contributed by atoms with Gasteiger partial charge in [-0.2, -0.15) is 0 Å². The average Bonchev–Trinajstić information content (AvgIpc) is 3.77. The molecule has 0 spiro atoms. The van der Waals surface area contributed by atoms with Crippen molar-refractivity contribution in [1.29, 1.82) is 0 Å². The van der Waals surface area contributed by atoms with Gasteiger partial charge in [0, 0.05) is 93.2 Å². The summed E-state index contributed by atoms with van der Waals surface area (Å²) in [5, 5.41) is 79.7. The van der Waals surface area contributed by atoms with Crippen LogP contribution in [0.5, 0.6) is 0 Å². The topological polar surface area (TPSA) is 356 Å². The zero-order chi connectivity index (χ0) is 45.8. The number of nitrogens with zero attached hydrogens (tertiary/aromatic N) is 2. The summed E-state index contributed by atoms with van der Waals surface area (Å²) in [6.45, 7) is 3.09. The predicted octanol–water partition coefficient (Wildman–Crippen LogP) is 4.37. The number of aromatic nitrogens is 4. The van der Waals surface area contributed by atoms with E-state index in [1.807, 2.05) is 0 Å². The molecule has 8 bridgehead atoms. The van der Waals surface area contributed by atoms with Crippen molar-refractivity contribution in [3.63, 3.8) is 0 Å². The van der Waals surface area contributed by atoms with Crippen molar-refractivity contribution >= 4 is 69.8 Å². The van der Waals surface area contributed by atoms with E-state index in [0.717, 1.165) is 0 Å². The number of carboxylic acids is 8. The van der Waals surface area contributed by atoms with Crippen LogP contribution >= 0.6 is 0 Å². The molecule has 2 aliphatic heterocycles. The van der Waals surface area contributed by atoms with Crippen molar-refractivity contribution in [2.24, 2.45) is 0 Å². The Hall–Kier alpha value is -7.12. The van der Waals surface area contributed by atoms with Crippen LogP contribution in [0.2, 0.25) is 0 Å². The van der Waals surface area contributed by atoms with Gasteiger partial charge in [0.05, 0.1) is 25.7 Å². The Bertz CT molecular complexity index is 2540. The summed E-state index contributed by atoms with van der Waals surface area (Å²) < 4.78 is 0. The summed E-state index contributed by atoms with van der Waals surface area (Å²) in [6, 6.07) is 5.71. The first-order valence-electron chi connectivity index (χ1n) is 19.5. The largest absolute Gasteiger partial charge is 0.481 e. The third kappa shape index (κ3) is 10.1. The van der Waals surface area contributed by atoms with Crippen LogP contribution in [0.15, 0.2) is 24.3 Å². The van der Waals surface area contributed by atoms with Crippen molar-refractivity contribution in [3.05, 3.63) is 69.3 Å². The predicted molar refractivity (Wildman–Crippen MR) is 214 cm³/mol. The molecule has 330 valence electrons. The molecule has 0 aliphatic carbocycles. The van der Waals surface area contributed by atoms with E-state index < -0.39 is 122 Å². The molecule has 0 unspecified atom stereocenters. The lowest BCUT2D eigenvalue weighted by Gasteiger charge is -2.31. The minimum absolute atomic E-state index is 0.0580. The van der Waals surface area contributed by atoms with Gasteiger partial charge in [-0.3, -0.25) is 48.3 Å². The number of aromatic amines is 2. The van der Waals surface area contributed by atoms with Crippen molar-refractivity contribution < 1.29 is 79.2 Å². The summed E-state index contributed by atoms with van der Waals surface area (Å²) in [7, 11) is 0. The summed E-state index contributed by atoms with van der Waals surface area (Å²) in [5.74, 6) is -12.0. The maximum atomic E-state index is 12.6. The third-order valence-corrected chi connectivity index (χ3v) is 11.8. The highest BCUT2D eigenvalue weighted by Crippen LogP contribution is 2.51. The number of H-pyrrole nitrogens is 2. The van der Waals surface area contributed by atoms with Gasteiger partial charge in [-0.1, -0.05) is 13.8 Å². The van der Waals surface area contributed by atoms with Crippen LogP contribution < -0.4 is 0 Å². The van der Waals surface area contributed by atoms with Crippen molar-refractivity contribution in [3.8, 4) is 0 Å². The minimum Gasteiger partial charge on any atom is -0.481 e. The molecule has 62 heavy (non-hydrogen) atoms. The average molecular weight is 903 g/mol. The minimum atomic E-state index is -1.49. The number of fused-ring (bicyclic) bond motifs is 8. The molecule has 2 aliphatic rings. The van der Waals surface area contributed by atoms with Gasteiger partial charge in [-0.25, -0.2) is 0 Å². The van der Waals surface area contributed by atoms with Crippen LogP contribution in [0.3, 0.4) is 0 Å². The highest BCUT2D eigenvalue weighted by Gasteiger charge is 2.48. The van der Waals surface area contributed by atoms with Crippen LogP contribution in [0.1, 0.15) is 122 Å². The summed E-state index contributed by atoms with van der Waals surface area (Å²) in [5.41, 5.74) is -1.52. The summed E-state index contributed by atoms with van der Waals surface area (Å²) in [4.78, 5) is 114. The van der Waals surface area contributed by atoms with E-state index >= 15 is 0 Å². The second-order valence-electron chi connectivity index (χ2n) is 16.1. The van der Waals surface area contributed by atoms with Crippen molar-refractivity contribution in [2.45, 2.75) is 114 Å². The molecule has 3 aromatic rings. The molecule has 20 heteroatoms. The van der Waals surface area contributed by atoms with E-state index in [2.05, 4.69) is 9.97 Å². The highest BCUT2D eigenvalue weighted by atomic mass is 18.3. The number of carboxylic acid groups (broad SMARTS) is 8. The molecule has 0 aromatic carbocycles. The molecular weight excluding hydrogens is 856 g/mol. The molecule has 4 atom stereocenters. The molecule has 5 heterocycles. The van der Waals surface area contributed by atoms with Crippen molar-refractivity contribution in [1.82, 2.24) is 19.9 Å². The normalized spacial score (nSPS) is 19.5. The Morgan fingerprint density at radius 1 is 0.468 bits per heavy atom. The van der Waals surface area contributed by atoms with E-state index in [1.165, 1.54) is 24.3 Å². The van der Waals surface area contributed by atoms with E-state index in [-0.39, 0.29) is 92.8 Å². The van der Waals surface area contributed by atoms with Crippen LogP contribution in [-0.4, -0.2) is 109 Å². The molecule has 0 saturated heterocycles. The number of aliphatic carboxylic acids is 8. The third-order valence-electron chi connectivity index (χ3n) is 11.8. The Morgan fingerprint density at radius 2 is 0.823 bits per heavy atom. The van der Waals surface area contributed by atoms with E-state index in [0.29, 0.717) is 0 Å². The van der Waals surface area contributed by atoms with Gasteiger partial charge in [0.1, 0.15) is 0 Å². The second-order valence-corrected chi connectivity index (χ2v) is 16.1. The molecule has 20 nitrogen and oxygen atoms in total. The zero-order valence-electron chi connectivity index (χ0n) is 33.7. The number of rotatable bonds is 20. The Morgan fingerprint density at radius 3 is 1.19 bits per heavy atom. The van der Waals surface area contributed by atoms with Gasteiger partial charge in [-0.15, -0.1) is 0 Å². The molecule has 0 fully saturated rings. The lowest BCUT2D eigenvalue weighted by Crippen LogP contribution is -2.31. The number of nitrogens with one attached hydrogen (secondary N) is 2. The maximum absolute atomic E-state index is 12.6. The first-order chi connectivity index (χ1) is 29.0. The fourth-order valence-electron chi connectivity index (χ4n) is 8.93. The Balaban J connectivity index is 2.11. The lowest BCUT2D eigenvalue weighted by atomic mass is 9.70. The van der Waals surface area contributed by atoms with Crippen LogP contribution in [0, 0.1) is 0 Å². The number of carbonyl (C=O) groups is 8. The quantitative estimate of drug-likeness (QED) is 0.0556. The first kappa shape index (κ1) is 46.0. The van der Waals surface area contributed by atoms with Crippen molar-refractivity contribution in [2.75, 3.05) is 0 Å². The number of hydrogen-bond donors (Lipinski definition) is 10. The molecular formula is C42H46N4O16.